The Bertz CT molecular complexity index is 1120. The van der Waals surface area contributed by atoms with Crippen molar-refractivity contribution in [1.82, 2.24) is 0 Å². The second-order valence-electron chi connectivity index (χ2n) is 18.5. The second-order valence-corrected chi connectivity index (χ2v) is 18.5. The summed E-state index contributed by atoms with van der Waals surface area (Å²) in [6.45, 7) is 6.56. The van der Waals surface area contributed by atoms with Crippen molar-refractivity contribution in [3.8, 4) is 0 Å². The van der Waals surface area contributed by atoms with Gasteiger partial charge in [0, 0.05) is 19.3 Å². The van der Waals surface area contributed by atoms with Crippen molar-refractivity contribution >= 4 is 17.9 Å². The standard InChI is InChI=1S/C58H104O6/c1-4-7-10-13-16-19-22-24-26-28-29-31-32-34-36-39-42-45-48-51-57(60)63-54-55(53-62-56(59)50-47-44-41-38-21-18-15-12-9-6-3)64-58(61)52-49-46-43-40-37-35-33-30-27-25-23-20-17-14-11-8-5-2/h12,15-16,19,24-27,55H,4-11,13-14,17-18,20-23,28-54H2,1-3H3/b15-12-,19-16-,26-24-,27-25-. The van der Waals surface area contributed by atoms with Crippen molar-refractivity contribution in [3.05, 3.63) is 48.6 Å². The quantitative estimate of drug-likeness (QED) is 0.0262. The van der Waals surface area contributed by atoms with Gasteiger partial charge in [0.15, 0.2) is 6.10 Å². The third-order valence-electron chi connectivity index (χ3n) is 12.0. The van der Waals surface area contributed by atoms with Crippen LogP contribution in [0.1, 0.15) is 284 Å². The fraction of sp³-hybridized carbons (Fsp3) is 0.810. The molecule has 0 radical (unpaired) electrons. The molecule has 0 aliphatic rings. The average Bonchev–Trinajstić information content (AvgIpc) is 3.29. The van der Waals surface area contributed by atoms with Crippen LogP contribution < -0.4 is 0 Å². The van der Waals surface area contributed by atoms with Crippen LogP contribution in [-0.4, -0.2) is 37.2 Å². The van der Waals surface area contributed by atoms with Crippen LogP contribution in [0.15, 0.2) is 48.6 Å². The zero-order valence-corrected chi connectivity index (χ0v) is 42.6. The zero-order chi connectivity index (χ0) is 46.5. The Labute approximate surface area is 397 Å². The minimum atomic E-state index is -0.778. The second kappa shape index (κ2) is 53.0. The maximum atomic E-state index is 12.8. The van der Waals surface area contributed by atoms with Crippen LogP contribution in [0.2, 0.25) is 0 Å². The van der Waals surface area contributed by atoms with Gasteiger partial charge in [-0.1, -0.05) is 217 Å². The maximum Gasteiger partial charge on any atom is 0.306 e. The Morgan fingerprint density at radius 3 is 0.969 bits per heavy atom. The molecule has 6 nitrogen and oxygen atoms in total. The van der Waals surface area contributed by atoms with Gasteiger partial charge in [-0.05, 0) is 96.3 Å². The van der Waals surface area contributed by atoms with Crippen molar-refractivity contribution in [2.75, 3.05) is 13.2 Å². The highest BCUT2D eigenvalue weighted by molar-refractivity contribution is 5.71. The maximum absolute atomic E-state index is 12.8. The summed E-state index contributed by atoms with van der Waals surface area (Å²) in [4.78, 5) is 38.0. The third-order valence-corrected chi connectivity index (χ3v) is 12.0. The number of carbonyl (C=O) groups excluding carboxylic acids is 3. The molecule has 0 aliphatic heterocycles. The lowest BCUT2D eigenvalue weighted by Crippen LogP contribution is -2.30. The first-order valence-corrected chi connectivity index (χ1v) is 27.6. The number of allylic oxidation sites excluding steroid dienone is 8. The van der Waals surface area contributed by atoms with Crippen LogP contribution in [0.3, 0.4) is 0 Å². The van der Waals surface area contributed by atoms with E-state index in [0.717, 1.165) is 77.0 Å². The van der Waals surface area contributed by atoms with Crippen molar-refractivity contribution in [2.24, 2.45) is 0 Å². The van der Waals surface area contributed by atoms with E-state index in [2.05, 4.69) is 69.4 Å². The Balaban J connectivity index is 4.31. The molecule has 0 spiro atoms. The van der Waals surface area contributed by atoms with Gasteiger partial charge in [0.1, 0.15) is 13.2 Å². The van der Waals surface area contributed by atoms with Crippen LogP contribution in [0.25, 0.3) is 0 Å². The van der Waals surface area contributed by atoms with E-state index in [-0.39, 0.29) is 31.1 Å². The first-order chi connectivity index (χ1) is 31.5. The normalized spacial score (nSPS) is 12.4. The number of ether oxygens (including phenoxy) is 3. The summed E-state index contributed by atoms with van der Waals surface area (Å²) >= 11 is 0. The molecule has 1 atom stereocenters. The zero-order valence-electron chi connectivity index (χ0n) is 42.6. The average molecular weight is 897 g/mol. The summed E-state index contributed by atoms with van der Waals surface area (Å²) in [6.07, 6.45) is 63.8. The number of carbonyl (C=O) groups is 3. The number of unbranched alkanes of at least 4 members (excludes halogenated alkanes) is 31. The van der Waals surface area contributed by atoms with Crippen molar-refractivity contribution in [2.45, 2.75) is 290 Å². The lowest BCUT2D eigenvalue weighted by Gasteiger charge is -2.18. The summed E-state index contributed by atoms with van der Waals surface area (Å²) in [6, 6.07) is 0. The number of hydrogen-bond acceptors (Lipinski definition) is 6. The van der Waals surface area contributed by atoms with Gasteiger partial charge < -0.3 is 14.2 Å². The van der Waals surface area contributed by atoms with Gasteiger partial charge in [-0.25, -0.2) is 0 Å². The van der Waals surface area contributed by atoms with Gasteiger partial charge in [-0.2, -0.15) is 0 Å². The van der Waals surface area contributed by atoms with Gasteiger partial charge in [-0.15, -0.1) is 0 Å². The fourth-order valence-electron chi connectivity index (χ4n) is 7.82. The largest absolute Gasteiger partial charge is 0.462 e. The fourth-order valence-corrected chi connectivity index (χ4v) is 7.82. The molecule has 0 saturated heterocycles. The monoisotopic (exact) mass is 897 g/mol. The van der Waals surface area contributed by atoms with Gasteiger partial charge >= 0.3 is 17.9 Å². The SMILES string of the molecule is CCC/C=C\CCCCCCCC(=O)OCC(COC(=O)CCCCCCCCCCC/C=C\C/C=C\CCCCC)OC(=O)CCCCCCCCC/C=C\CCCCCCCC. The Hall–Kier alpha value is -2.63. The molecule has 0 aromatic rings. The van der Waals surface area contributed by atoms with Crippen LogP contribution in [0, 0.1) is 0 Å². The molecule has 64 heavy (non-hydrogen) atoms. The highest BCUT2D eigenvalue weighted by Crippen LogP contribution is 2.15. The van der Waals surface area contributed by atoms with Gasteiger partial charge in [-0.3, -0.25) is 14.4 Å². The molecule has 0 fully saturated rings. The lowest BCUT2D eigenvalue weighted by atomic mass is 10.1. The van der Waals surface area contributed by atoms with Crippen molar-refractivity contribution in [1.29, 1.82) is 0 Å². The molecule has 0 saturated carbocycles. The van der Waals surface area contributed by atoms with E-state index < -0.39 is 6.10 Å². The van der Waals surface area contributed by atoms with E-state index in [1.165, 1.54) is 167 Å². The summed E-state index contributed by atoms with van der Waals surface area (Å²) in [5.74, 6) is -0.889. The van der Waals surface area contributed by atoms with Gasteiger partial charge in [0.2, 0.25) is 0 Å². The molecular formula is C58H104O6. The summed E-state index contributed by atoms with van der Waals surface area (Å²) < 4.78 is 16.8. The van der Waals surface area contributed by atoms with E-state index in [9.17, 15) is 14.4 Å². The Morgan fingerprint density at radius 2 is 0.594 bits per heavy atom. The molecule has 0 heterocycles. The van der Waals surface area contributed by atoms with Crippen LogP contribution in [0.4, 0.5) is 0 Å². The molecule has 0 amide bonds. The van der Waals surface area contributed by atoms with Gasteiger partial charge in [0.25, 0.3) is 0 Å². The lowest BCUT2D eigenvalue weighted by molar-refractivity contribution is -0.167. The Kier molecular flexibility index (Phi) is 50.8. The number of esters is 3. The first-order valence-electron chi connectivity index (χ1n) is 27.6. The van der Waals surface area contributed by atoms with E-state index >= 15 is 0 Å². The molecule has 1 unspecified atom stereocenters. The van der Waals surface area contributed by atoms with Gasteiger partial charge in [0.05, 0.1) is 0 Å². The van der Waals surface area contributed by atoms with E-state index in [0.29, 0.717) is 19.3 Å². The van der Waals surface area contributed by atoms with Crippen molar-refractivity contribution < 1.29 is 28.6 Å². The molecule has 6 heteroatoms. The molecule has 372 valence electrons. The minimum Gasteiger partial charge on any atom is -0.462 e. The molecule has 0 aliphatic carbocycles. The summed E-state index contributed by atoms with van der Waals surface area (Å²) in [7, 11) is 0. The van der Waals surface area contributed by atoms with E-state index in [4.69, 9.17) is 14.2 Å². The van der Waals surface area contributed by atoms with E-state index in [1.807, 2.05) is 0 Å². The predicted molar refractivity (Wildman–Crippen MR) is 275 cm³/mol. The predicted octanol–water partition coefficient (Wildman–Crippen LogP) is 18.3. The molecule has 0 N–H and O–H groups in total. The van der Waals surface area contributed by atoms with E-state index in [1.54, 1.807) is 0 Å². The third kappa shape index (κ3) is 50.4. The van der Waals surface area contributed by atoms with Crippen molar-refractivity contribution in [3.63, 3.8) is 0 Å². The number of rotatable bonds is 50. The summed E-state index contributed by atoms with van der Waals surface area (Å²) in [5, 5.41) is 0. The Morgan fingerprint density at radius 1 is 0.312 bits per heavy atom. The first kappa shape index (κ1) is 61.4. The molecule has 0 aromatic heterocycles. The molecule has 0 aromatic carbocycles. The highest BCUT2D eigenvalue weighted by atomic mass is 16.6. The summed E-state index contributed by atoms with van der Waals surface area (Å²) in [5.41, 5.74) is 0. The highest BCUT2D eigenvalue weighted by Gasteiger charge is 2.19. The smallest absolute Gasteiger partial charge is 0.306 e. The minimum absolute atomic E-state index is 0.0786. The number of hydrogen-bond donors (Lipinski definition) is 0. The molecule has 0 bridgehead atoms. The van der Waals surface area contributed by atoms with Crippen LogP contribution in [0.5, 0.6) is 0 Å². The topological polar surface area (TPSA) is 78.9 Å². The van der Waals surface area contributed by atoms with Crippen LogP contribution in [-0.2, 0) is 28.6 Å². The molecule has 0 rings (SSSR count). The van der Waals surface area contributed by atoms with Crippen LogP contribution >= 0.6 is 0 Å². The molecular weight excluding hydrogens is 793 g/mol.